The number of amides is 2. The van der Waals surface area contributed by atoms with E-state index in [4.69, 9.17) is 0 Å². The molecule has 2 fully saturated rings. The van der Waals surface area contributed by atoms with Crippen molar-refractivity contribution in [2.75, 3.05) is 26.2 Å². The number of nitrogens with one attached hydrogen (secondary N) is 2. The molecule has 2 saturated heterocycles. The van der Waals surface area contributed by atoms with E-state index in [1.165, 1.54) is 19.3 Å². The lowest BCUT2D eigenvalue weighted by molar-refractivity contribution is 0.0790. The standard InChI is InChI=1S/C14H27N3O/c1-13(2,3)16-12(18)17-9-5-7-14(11-17)6-4-8-15-10-14/h15H,4-11H2,1-3H3,(H,16,18). The minimum Gasteiger partial charge on any atom is -0.333 e. The third-order valence-corrected chi connectivity index (χ3v) is 3.99. The van der Waals surface area contributed by atoms with Crippen molar-refractivity contribution in [1.82, 2.24) is 15.5 Å². The number of likely N-dealkylation sites (tertiary alicyclic amines) is 1. The molecule has 2 rings (SSSR count). The molecule has 2 amide bonds. The highest BCUT2D eigenvalue weighted by molar-refractivity contribution is 5.75. The lowest BCUT2D eigenvalue weighted by atomic mass is 9.74. The van der Waals surface area contributed by atoms with Crippen molar-refractivity contribution in [1.29, 1.82) is 0 Å². The molecule has 0 aromatic heterocycles. The van der Waals surface area contributed by atoms with E-state index in [9.17, 15) is 4.79 Å². The number of carbonyl (C=O) groups excluding carboxylic acids is 1. The summed E-state index contributed by atoms with van der Waals surface area (Å²) < 4.78 is 0. The van der Waals surface area contributed by atoms with Crippen LogP contribution in [0.2, 0.25) is 0 Å². The maximum atomic E-state index is 12.2. The van der Waals surface area contributed by atoms with Crippen molar-refractivity contribution in [2.24, 2.45) is 5.41 Å². The predicted molar refractivity (Wildman–Crippen MR) is 73.6 cm³/mol. The van der Waals surface area contributed by atoms with E-state index in [0.29, 0.717) is 5.41 Å². The summed E-state index contributed by atoms with van der Waals surface area (Å²) in [5.41, 5.74) is 0.193. The summed E-state index contributed by atoms with van der Waals surface area (Å²) in [7, 11) is 0. The summed E-state index contributed by atoms with van der Waals surface area (Å²) in [6.07, 6.45) is 4.91. The molecule has 1 spiro atoms. The average Bonchev–Trinajstić information content (AvgIpc) is 2.28. The lowest BCUT2D eigenvalue weighted by Gasteiger charge is -2.45. The van der Waals surface area contributed by atoms with E-state index < -0.39 is 0 Å². The molecule has 2 aliphatic rings. The van der Waals surface area contributed by atoms with Gasteiger partial charge in [0.05, 0.1) is 0 Å². The van der Waals surface area contributed by atoms with Gasteiger partial charge in [-0.2, -0.15) is 0 Å². The van der Waals surface area contributed by atoms with E-state index in [0.717, 1.165) is 32.6 Å². The number of urea groups is 1. The van der Waals surface area contributed by atoms with Gasteiger partial charge in [-0.1, -0.05) is 0 Å². The predicted octanol–water partition coefficient (Wildman–Crippen LogP) is 1.96. The number of piperidine rings is 2. The normalized spacial score (nSPS) is 29.4. The van der Waals surface area contributed by atoms with Gasteiger partial charge in [0.2, 0.25) is 0 Å². The minimum atomic E-state index is -0.146. The molecule has 0 saturated carbocycles. The zero-order valence-corrected chi connectivity index (χ0v) is 12.0. The van der Waals surface area contributed by atoms with Crippen LogP contribution >= 0.6 is 0 Å². The highest BCUT2D eigenvalue weighted by atomic mass is 16.2. The summed E-state index contributed by atoms with van der Waals surface area (Å²) in [6, 6.07) is 0.104. The third-order valence-electron chi connectivity index (χ3n) is 3.99. The number of rotatable bonds is 0. The molecule has 1 unspecified atom stereocenters. The Morgan fingerprint density at radius 3 is 2.61 bits per heavy atom. The fraction of sp³-hybridized carbons (Fsp3) is 0.929. The van der Waals surface area contributed by atoms with Gasteiger partial charge in [0.1, 0.15) is 0 Å². The summed E-state index contributed by atoms with van der Waals surface area (Å²) in [5, 5.41) is 6.57. The molecule has 0 aromatic carbocycles. The molecule has 2 aliphatic heterocycles. The quantitative estimate of drug-likeness (QED) is 0.693. The second-order valence-corrected chi connectivity index (χ2v) is 6.99. The molecule has 2 heterocycles. The first kappa shape index (κ1) is 13.7. The number of nitrogens with zero attached hydrogens (tertiary/aromatic N) is 1. The van der Waals surface area contributed by atoms with Crippen molar-refractivity contribution in [3.63, 3.8) is 0 Å². The highest BCUT2D eigenvalue weighted by Crippen LogP contribution is 2.35. The Morgan fingerprint density at radius 1 is 1.28 bits per heavy atom. The minimum absolute atomic E-state index is 0.104. The largest absolute Gasteiger partial charge is 0.333 e. The molecule has 104 valence electrons. The van der Waals surface area contributed by atoms with E-state index in [2.05, 4.69) is 10.6 Å². The van der Waals surface area contributed by atoms with Crippen molar-refractivity contribution >= 4 is 6.03 Å². The first-order valence-corrected chi connectivity index (χ1v) is 7.18. The molecule has 2 N–H and O–H groups in total. The summed E-state index contributed by atoms with van der Waals surface area (Å²) >= 11 is 0. The van der Waals surface area contributed by atoms with Gasteiger partial charge in [-0.25, -0.2) is 4.79 Å². The van der Waals surface area contributed by atoms with E-state index in [1.54, 1.807) is 0 Å². The Kier molecular flexibility index (Phi) is 3.85. The Balaban J connectivity index is 1.95. The van der Waals surface area contributed by atoms with Crippen LogP contribution in [0.4, 0.5) is 4.79 Å². The first-order valence-electron chi connectivity index (χ1n) is 7.18. The van der Waals surface area contributed by atoms with Gasteiger partial charge in [-0.05, 0) is 53.0 Å². The smallest absolute Gasteiger partial charge is 0.317 e. The van der Waals surface area contributed by atoms with Crippen molar-refractivity contribution < 1.29 is 4.79 Å². The SMILES string of the molecule is CC(C)(C)NC(=O)N1CCCC2(CCCNC2)C1. The molecule has 0 aromatic rings. The molecule has 4 nitrogen and oxygen atoms in total. The topological polar surface area (TPSA) is 44.4 Å². The average molecular weight is 253 g/mol. The fourth-order valence-electron chi connectivity index (χ4n) is 3.16. The molecule has 18 heavy (non-hydrogen) atoms. The molecule has 1 atom stereocenters. The van der Waals surface area contributed by atoms with Gasteiger partial charge in [0.25, 0.3) is 0 Å². The maximum absolute atomic E-state index is 12.2. The Morgan fingerprint density at radius 2 is 2.00 bits per heavy atom. The maximum Gasteiger partial charge on any atom is 0.317 e. The van der Waals surface area contributed by atoms with Gasteiger partial charge < -0.3 is 15.5 Å². The Labute approximate surface area is 110 Å². The van der Waals surface area contributed by atoms with Crippen LogP contribution in [-0.2, 0) is 0 Å². The van der Waals surface area contributed by atoms with Crippen LogP contribution in [0.5, 0.6) is 0 Å². The van der Waals surface area contributed by atoms with Crippen molar-refractivity contribution in [2.45, 2.75) is 52.0 Å². The molecule has 0 radical (unpaired) electrons. The van der Waals surface area contributed by atoms with Crippen LogP contribution in [0.15, 0.2) is 0 Å². The zero-order chi connectivity index (χ0) is 13.2. The number of hydrogen-bond acceptors (Lipinski definition) is 2. The van der Waals surface area contributed by atoms with E-state index in [-0.39, 0.29) is 11.6 Å². The van der Waals surface area contributed by atoms with Gasteiger partial charge in [0.15, 0.2) is 0 Å². The van der Waals surface area contributed by atoms with E-state index in [1.807, 2.05) is 25.7 Å². The van der Waals surface area contributed by atoms with E-state index >= 15 is 0 Å². The third kappa shape index (κ3) is 3.37. The monoisotopic (exact) mass is 253 g/mol. The number of hydrogen-bond donors (Lipinski definition) is 2. The van der Waals surface area contributed by atoms with Gasteiger partial charge in [-0.15, -0.1) is 0 Å². The van der Waals surface area contributed by atoms with Crippen LogP contribution in [0.25, 0.3) is 0 Å². The molecular formula is C14H27N3O. The van der Waals surface area contributed by atoms with Gasteiger partial charge in [0, 0.05) is 30.6 Å². The molecule has 0 bridgehead atoms. The van der Waals surface area contributed by atoms with Gasteiger partial charge in [-0.3, -0.25) is 0 Å². The first-order chi connectivity index (χ1) is 8.40. The van der Waals surface area contributed by atoms with Gasteiger partial charge >= 0.3 is 6.03 Å². The summed E-state index contributed by atoms with van der Waals surface area (Å²) in [6.45, 7) is 10.1. The number of carbonyl (C=O) groups is 1. The fourth-order valence-corrected chi connectivity index (χ4v) is 3.16. The second kappa shape index (κ2) is 5.08. The highest BCUT2D eigenvalue weighted by Gasteiger charge is 2.38. The van der Waals surface area contributed by atoms with Crippen molar-refractivity contribution in [3.8, 4) is 0 Å². The van der Waals surface area contributed by atoms with Crippen LogP contribution in [0, 0.1) is 5.41 Å². The lowest BCUT2D eigenvalue weighted by Crippen LogP contribution is -2.56. The molecule has 0 aliphatic carbocycles. The Bertz CT molecular complexity index is 297. The second-order valence-electron chi connectivity index (χ2n) is 6.99. The molecular weight excluding hydrogens is 226 g/mol. The zero-order valence-electron chi connectivity index (χ0n) is 12.0. The summed E-state index contributed by atoms with van der Waals surface area (Å²) in [5.74, 6) is 0. The Hall–Kier alpha value is -0.770. The van der Waals surface area contributed by atoms with Crippen molar-refractivity contribution in [3.05, 3.63) is 0 Å². The molecule has 4 heteroatoms. The van der Waals surface area contributed by atoms with Crippen LogP contribution in [0.3, 0.4) is 0 Å². The van der Waals surface area contributed by atoms with Crippen LogP contribution in [-0.4, -0.2) is 42.6 Å². The van der Waals surface area contributed by atoms with Crippen LogP contribution in [0.1, 0.15) is 46.5 Å². The van der Waals surface area contributed by atoms with Crippen LogP contribution < -0.4 is 10.6 Å². The summed E-state index contributed by atoms with van der Waals surface area (Å²) in [4.78, 5) is 14.2.